The van der Waals surface area contributed by atoms with Gasteiger partial charge in [0, 0.05) is 11.6 Å². The van der Waals surface area contributed by atoms with Gasteiger partial charge in [-0.1, -0.05) is 34.6 Å². The normalized spacial score (nSPS) is 11.0. The maximum atomic E-state index is 4.49. The molecule has 0 spiro atoms. The van der Waals surface area contributed by atoms with E-state index in [0.29, 0.717) is 0 Å². The molecule has 2 rings (SSSR count). The Kier molecular flexibility index (Phi) is 3.45. The fourth-order valence-electron chi connectivity index (χ4n) is 1.21. The minimum Gasteiger partial charge on any atom is -0.340 e. The van der Waals surface area contributed by atoms with Crippen LogP contribution >= 0.6 is 0 Å². The van der Waals surface area contributed by atoms with Gasteiger partial charge in [0.25, 0.3) is 0 Å². The van der Waals surface area contributed by atoms with E-state index in [0.717, 1.165) is 16.9 Å². The molecule has 2 aromatic heterocycles. The van der Waals surface area contributed by atoms with E-state index in [1.165, 1.54) is 0 Å². The van der Waals surface area contributed by atoms with Crippen LogP contribution in [0.4, 0.5) is 0 Å². The molecule has 0 aromatic carbocycles. The lowest BCUT2D eigenvalue weighted by atomic mass is 9.96. The largest absolute Gasteiger partial charge is 0.340 e. The Hall–Kier alpha value is -1.38. The molecule has 0 amide bonds. The molecular formula is C12H19N3. The molecule has 0 unspecified atom stereocenters. The van der Waals surface area contributed by atoms with Gasteiger partial charge in [0.1, 0.15) is 5.82 Å². The van der Waals surface area contributed by atoms with Gasteiger partial charge >= 0.3 is 0 Å². The number of aromatic nitrogens is 3. The van der Waals surface area contributed by atoms with E-state index in [-0.39, 0.29) is 5.41 Å². The number of nitrogens with zero attached hydrogens (tertiary/aromatic N) is 2. The third kappa shape index (κ3) is 2.55. The van der Waals surface area contributed by atoms with Crippen LogP contribution in [0.1, 0.15) is 40.4 Å². The van der Waals surface area contributed by atoms with Crippen LogP contribution in [0.5, 0.6) is 0 Å². The molecule has 0 radical (unpaired) electrons. The van der Waals surface area contributed by atoms with Crippen molar-refractivity contribution in [1.82, 2.24) is 15.0 Å². The molecule has 0 atom stereocenters. The summed E-state index contributed by atoms with van der Waals surface area (Å²) < 4.78 is 0. The average molecular weight is 205 g/mol. The molecule has 0 aliphatic rings. The topological polar surface area (TPSA) is 41.6 Å². The minimum absolute atomic E-state index is 0.0685. The number of rotatable bonds is 0. The maximum absolute atomic E-state index is 4.49. The lowest BCUT2D eigenvalue weighted by Crippen LogP contribution is -2.12. The summed E-state index contributed by atoms with van der Waals surface area (Å²) in [5, 5.41) is 0. The first-order valence-corrected chi connectivity index (χ1v) is 5.37. The van der Waals surface area contributed by atoms with Gasteiger partial charge in [0.2, 0.25) is 0 Å². The molecular weight excluding hydrogens is 186 g/mol. The Morgan fingerprint density at radius 3 is 2.40 bits per heavy atom. The van der Waals surface area contributed by atoms with Crippen molar-refractivity contribution in [3.05, 3.63) is 24.3 Å². The second-order valence-corrected chi connectivity index (χ2v) is 4.23. The van der Waals surface area contributed by atoms with Gasteiger partial charge in [-0.15, -0.1) is 0 Å². The highest BCUT2D eigenvalue weighted by Gasteiger charge is 2.17. The minimum atomic E-state index is 0.0685. The summed E-state index contributed by atoms with van der Waals surface area (Å²) in [6, 6.07) is 1.92. The molecule has 3 nitrogen and oxygen atoms in total. The Morgan fingerprint density at radius 1 is 1.20 bits per heavy atom. The van der Waals surface area contributed by atoms with Gasteiger partial charge < -0.3 is 4.98 Å². The maximum Gasteiger partial charge on any atom is 0.112 e. The van der Waals surface area contributed by atoms with Crippen molar-refractivity contribution in [2.24, 2.45) is 0 Å². The van der Waals surface area contributed by atoms with Gasteiger partial charge in [0.15, 0.2) is 0 Å². The smallest absolute Gasteiger partial charge is 0.112 e. The SMILES string of the molecule is CC.CC(C)(C)c1nc2ccncc2[nH]1. The van der Waals surface area contributed by atoms with Crippen molar-refractivity contribution in [2.75, 3.05) is 0 Å². The van der Waals surface area contributed by atoms with Gasteiger partial charge in [-0.3, -0.25) is 4.98 Å². The Labute approximate surface area is 91.0 Å². The van der Waals surface area contributed by atoms with Crippen LogP contribution in [0.3, 0.4) is 0 Å². The third-order valence-electron chi connectivity index (χ3n) is 1.99. The molecule has 0 bridgehead atoms. The molecule has 2 heterocycles. The fraction of sp³-hybridized carbons (Fsp3) is 0.500. The number of nitrogens with one attached hydrogen (secondary N) is 1. The number of pyridine rings is 1. The number of hydrogen-bond donors (Lipinski definition) is 1. The van der Waals surface area contributed by atoms with Gasteiger partial charge in [-0.2, -0.15) is 0 Å². The monoisotopic (exact) mass is 205 g/mol. The van der Waals surface area contributed by atoms with Crippen LogP contribution in [-0.4, -0.2) is 15.0 Å². The van der Waals surface area contributed by atoms with Crippen molar-refractivity contribution in [1.29, 1.82) is 0 Å². The van der Waals surface area contributed by atoms with Crippen LogP contribution in [-0.2, 0) is 5.41 Å². The van der Waals surface area contributed by atoms with Crippen molar-refractivity contribution in [3.8, 4) is 0 Å². The van der Waals surface area contributed by atoms with E-state index in [4.69, 9.17) is 0 Å². The summed E-state index contributed by atoms with van der Waals surface area (Å²) in [4.78, 5) is 11.8. The van der Waals surface area contributed by atoms with Crippen molar-refractivity contribution in [3.63, 3.8) is 0 Å². The van der Waals surface area contributed by atoms with E-state index in [9.17, 15) is 0 Å². The molecule has 15 heavy (non-hydrogen) atoms. The molecule has 3 heteroatoms. The van der Waals surface area contributed by atoms with E-state index < -0.39 is 0 Å². The molecule has 0 saturated carbocycles. The first-order valence-electron chi connectivity index (χ1n) is 5.37. The number of H-pyrrole nitrogens is 1. The average Bonchev–Trinajstić information content (AvgIpc) is 2.63. The molecule has 0 saturated heterocycles. The number of fused-ring (bicyclic) bond motifs is 1. The van der Waals surface area contributed by atoms with E-state index in [2.05, 4.69) is 35.7 Å². The van der Waals surface area contributed by atoms with Crippen LogP contribution in [0.2, 0.25) is 0 Å². The molecule has 82 valence electrons. The first-order chi connectivity index (χ1) is 7.07. The molecule has 0 aliphatic carbocycles. The Bertz CT molecular complexity index is 391. The fourth-order valence-corrected chi connectivity index (χ4v) is 1.21. The number of imidazole rings is 1. The second-order valence-electron chi connectivity index (χ2n) is 4.23. The predicted octanol–water partition coefficient (Wildman–Crippen LogP) is 3.28. The van der Waals surface area contributed by atoms with Crippen molar-refractivity contribution >= 4 is 11.0 Å². The third-order valence-corrected chi connectivity index (χ3v) is 1.99. The molecule has 0 fully saturated rings. The molecule has 0 aliphatic heterocycles. The summed E-state index contributed by atoms with van der Waals surface area (Å²) in [6.45, 7) is 10.4. The highest BCUT2D eigenvalue weighted by Crippen LogP contribution is 2.21. The summed E-state index contributed by atoms with van der Waals surface area (Å²) in [5.74, 6) is 1.01. The van der Waals surface area contributed by atoms with E-state index in [1.54, 1.807) is 12.4 Å². The van der Waals surface area contributed by atoms with Gasteiger partial charge in [0.05, 0.1) is 17.2 Å². The molecule has 1 N–H and O–H groups in total. The van der Waals surface area contributed by atoms with E-state index >= 15 is 0 Å². The van der Waals surface area contributed by atoms with Crippen LogP contribution in [0, 0.1) is 0 Å². The lowest BCUT2D eigenvalue weighted by molar-refractivity contribution is 0.554. The Morgan fingerprint density at radius 2 is 1.87 bits per heavy atom. The number of aromatic amines is 1. The summed E-state index contributed by atoms with van der Waals surface area (Å²) in [5.41, 5.74) is 2.06. The first kappa shape index (κ1) is 11.7. The summed E-state index contributed by atoms with van der Waals surface area (Å²) in [6.07, 6.45) is 3.56. The zero-order valence-electron chi connectivity index (χ0n) is 10.1. The highest BCUT2D eigenvalue weighted by molar-refractivity contribution is 5.73. The second kappa shape index (κ2) is 4.43. The van der Waals surface area contributed by atoms with Crippen LogP contribution in [0.15, 0.2) is 18.5 Å². The predicted molar refractivity (Wildman–Crippen MR) is 63.9 cm³/mol. The van der Waals surface area contributed by atoms with Crippen LogP contribution in [0.25, 0.3) is 11.0 Å². The standard InChI is InChI=1S/C10H13N3.C2H6/c1-10(2,3)9-12-7-4-5-11-6-8(7)13-9;1-2/h4-6H,1-3H3,(H,12,13);1-2H3. The number of hydrogen-bond acceptors (Lipinski definition) is 2. The van der Waals surface area contributed by atoms with E-state index in [1.807, 2.05) is 19.9 Å². The summed E-state index contributed by atoms with van der Waals surface area (Å²) in [7, 11) is 0. The summed E-state index contributed by atoms with van der Waals surface area (Å²) >= 11 is 0. The lowest BCUT2D eigenvalue weighted by Gasteiger charge is -2.13. The van der Waals surface area contributed by atoms with Crippen LogP contribution < -0.4 is 0 Å². The zero-order chi connectivity index (χ0) is 11.5. The zero-order valence-corrected chi connectivity index (χ0v) is 10.1. The highest BCUT2D eigenvalue weighted by atomic mass is 14.9. The quantitative estimate of drug-likeness (QED) is 0.717. The van der Waals surface area contributed by atoms with Gasteiger partial charge in [-0.25, -0.2) is 4.98 Å². The Balaban J connectivity index is 0.000000531. The van der Waals surface area contributed by atoms with Crippen molar-refractivity contribution < 1.29 is 0 Å². The van der Waals surface area contributed by atoms with Crippen molar-refractivity contribution in [2.45, 2.75) is 40.0 Å². The van der Waals surface area contributed by atoms with Gasteiger partial charge in [-0.05, 0) is 6.07 Å². The molecule has 2 aromatic rings.